The molecule has 0 unspecified atom stereocenters. The molecule has 0 aliphatic carbocycles. The minimum absolute atomic E-state index is 0.441. The Bertz CT molecular complexity index is 814. The molecule has 0 bridgehead atoms. The number of benzene rings is 2. The number of aryl methyl sites for hydroxylation is 1. The number of hydrogen-bond acceptors (Lipinski definition) is 5. The van der Waals surface area contributed by atoms with Gasteiger partial charge < -0.3 is 19.4 Å². The van der Waals surface area contributed by atoms with Crippen LogP contribution in [0.25, 0.3) is 11.4 Å². The molecule has 122 valence electrons. The lowest BCUT2D eigenvalue weighted by molar-refractivity contribution is 0.414. The summed E-state index contributed by atoms with van der Waals surface area (Å²) in [5.74, 6) is 2.37. The molecule has 1 heterocycles. The van der Waals surface area contributed by atoms with Crippen LogP contribution < -0.4 is 10.2 Å². The second-order valence-electron chi connectivity index (χ2n) is 5.50. The molecular weight excluding hydrogens is 305 g/mol. The number of hydrogen-bond donors (Lipinski definition) is 2. The van der Waals surface area contributed by atoms with Crippen molar-refractivity contribution in [2.24, 2.45) is 0 Å². The van der Waals surface area contributed by atoms with E-state index in [0.29, 0.717) is 12.0 Å². The van der Waals surface area contributed by atoms with Crippen LogP contribution in [-0.4, -0.2) is 39.0 Å². The molecule has 3 rings (SSSR count). The van der Waals surface area contributed by atoms with E-state index in [-0.39, 0.29) is 0 Å². The number of nitrogens with zero attached hydrogens (tertiary/aromatic N) is 3. The van der Waals surface area contributed by atoms with E-state index in [9.17, 15) is 10.0 Å². The van der Waals surface area contributed by atoms with Crippen LogP contribution in [0.15, 0.2) is 48.5 Å². The van der Waals surface area contributed by atoms with Gasteiger partial charge in [-0.05, 0) is 30.1 Å². The number of ether oxygens (including phenoxy) is 1. The van der Waals surface area contributed by atoms with Crippen LogP contribution in [0, 0.1) is 6.92 Å². The molecule has 2 N–H and O–H groups in total. The average Bonchev–Trinajstić information content (AvgIpc) is 2.96. The topological polar surface area (TPSA) is 80.4 Å². The molecule has 0 saturated carbocycles. The largest absolute Gasteiger partial charge is 0.497 e. The summed E-state index contributed by atoms with van der Waals surface area (Å²) in [4.78, 5) is 0. The molecule has 24 heavy (non-hydrogen) atoms. The van der Waals surface area contributed by atoms with Crippen LogP contribution in [0.2, 0.25) is 0 Å². The number of methoxy groups -OCH3 is 1. The Hall–Kier alpha value is -2.64. The van der Waals surface area contributed by atoms with Gasteiger partial charge in [0.15, 0.2) is 5.82 Å². The molecule has 0 amide bonds. The van der Waals surface area contributed by atoms with E-state index >= 15 is 0 Å². The van der Waals surface area contributed by atoms with E-state index in [1.165, 1.54) is 0 Å². The Morgan fingerprint density at radius 2 is 1.67 bits per heavy atom. The predicted octanol–water partition coefficient (Wildman–Crippen LogP) is 0.990. The van der Waals surface area contributed by atoms with Crippen molar-refractivity contribution in [3.8, 4) is 17.1 Å². The van der Waals surface area contributed by atoms with Crippen molar-refractivity contribution in [2.45, 2.75) is 13.5 Å². The minimum atomic E-state index is -1.47. The zero-order valence-electron chi connectivity index (χ0n) is 13.5. The zero-order chi connectivity index (χ0) is 17.1. The van der Waals surface area contributed by atoms with Gasteiger partial charge in [-0.1, -0.05) is 36.4 Å². The fourth-order valence-corrected chi connectivity index (χ4v) is 2.50. The van der Waals surface area contributed by atoms with Gasteiger partial charge in [0.2, 0.25) is 0 Å². The monoisotopic (exact) mass is 323 g/mol. The first kappa shape index (κ1) is 16.2. The van der Waals surface area contributed by atoms with Crippen molar-refractivity contribution in [1.29, 1.82) is 0 Å². The molecule has 3 aromatic rings. The molecule has 7 heteroatoms. The van der Waals surface area contributed by atoms with Crippen molar-refractivity contribution in [2.75, 3.05) is 7.11 Å². The standard InChI is InChI=1S/C17H18BN3O3/c1-12-19-20-17(14-5-7-15(8-6-14)18(22)23)21(12)11-13-3-9-16(24-2)10-4-13/h3-10,22-23H,11H2,1-2H3. The molecular formula is C17H18BN3O3. The zero-order valence-corrected chi connectivity index (χ0v) is 13.5. The van der Waals surface area contributed by atoms with Crippen LogP contribution in [0.5, 0.6) is 5.75 Å². The van der Waals surface area contributed by atoms with Gasteiger partial charge in [0.1, 0.15) is 11.6 Å². The SMILES string of the molecule is COc1ccc(Cn2c(C)nnc2-c2ccc(B(O)O)cc2)cc1. The summed E-state index contributed by atoms with van der Waals surface area (Å²) in [7, 11) is 0.169. The molecule has 0 aliphatic heterocycles. The van der Waals surface area contributed by atoms with Crippen molar-refractivity contribution >= 4 is 12.6 Å². The van der Waals surface area contributed by atoms with Crippen molar-refractivity contribution in [1.82, 2.24) is 14.8 Å². The molecule has 6 nitrogen and oxygen atoms in total. The summed E-state index contributed by atoms with van der Waals surface area (Å²) in [6.45, 7) is 2.55. The van der Waals surface area contributed by atoms with Gasteiger partial charge in [-0.3, -0.25) is 0 Å². The third kappa shape index (κ3) is 3.32. The number of aromatic nitrogens is 3. The van der Waals surface area contributed by atoms with Crippen LogP contribution in [0.4, 0.5) is 0 Å². The highest BCUT2D eigenvalue weighted by Crippen LogP contribution is 2.20. The van der Waals surface area contributed by atoms with Gasteiger partial charge in [0, 0.05) is 5.56 Å². The van der Waals surface area contributed by atoms with Gasteiger partial charge in [-0.2, -0.15) is 0 Å². The van der Waals surface area contributed by atoms with E-state index in [2.05, 4.69) is 10.2 Å². The van der Waals surface area contributed by atoms with Gasteiger partial charge in [-0.15, -0.1) is 10.2 Å². The normalized spacial score (nSPS) is 10.7. The Morgan fingerprint density at radius 3 is 2.25 bits per heavy atom. The summed E-state index contributed by atoms with van der Waals surface area (Å²) in [5.41, 5.74) is 2.42. The molecule has 1 aromatic heterocycles. The van der Waals surface area contributed by atoms with Crippen LogP contribution >= 0.6 is 0 Å². The maximum Gasteiger partial charge on any atom is 0.488 e. The first-order valence-electron chi connectivity index (χ1n) is 7.57. The molecule has 0 aliphatic rings. The Labute approximate surface area is 140 Å². The number of rotatable bonds is 5. The van der Waals surface area contributed by atoms with Crippen molar-refractivity contribution in [3.63, 3.8) is 0 Å². The van der Waals surface area contributed by atoms with Gasteiger partial charge in [0.05, 0.1) is 13.7 Å². The van der Waals surface area contributed by atoms with Crippen LogP contribution in [0.3, 0.4) is 0 Å². The van der Waals surface area contributed by atoms with E-state index in [1.807, 2.05) is 47.9 Å². The Balaban J connectivity index is 1.90. The molecule has 2 aromatic carbocycles. The highest BCUT2D eigenvalue weighted by Gasteiger charge is 2.14. The van der Waals surface area contributed by atoms with Crippen LogP contribution in [-0.2, 0) is 6.54 Å². The maximum absolute atomic E-state index is 9.19. The highest BCUT2D eigenvalue weighted by atomic mass is 16.5. The first-order valence-corrected chi connectivity index (χ1v) is 7.57. The van der Waals surface area contributed by atoms with Crippen LogP contribution in [0.1, 0.15) is 11.4 Å². The smallest absolute Gasteiger partial charge is 0.488 e. The summed E-state index contributed by atoms with van der Waals surface area (Å²) < 4.78 is 7.20. The third-order valence-corrected chi connectivity index (χ3v) is 3.90. The first-order chi connectivity index (χ1) is 11.6. The molecule has 0 radical (unpaired) electrons. The fourth-order valence-electron chi connectivity index (χ4n) is 2.50. The second-order valence-corrected chi connectivity index (χ2v) is 5.50. The minimum Gasteiger partial charge on any atom is -0.497 e. The Morgan fingerprint density at radius 1 is 1.00 bits per heavy atom. The predicted molar refractivity (Wildman–Crippen MR) is 92.1 cm³/mol. The van der Waals surface area contributed by atoms with E-state index in [0.717, 1.165) is 28.5 Å². The van der Waals surface area contributed by atoms with Gasteiger partial charge >= 0.3 is 7.12 Å². The van der Waals surface area contributed by atoms with E-state index in [4.69, 9.17) is 4.74 Å². The van der Waals surface area contributed by atoms with Crippen molar-refractivity contribution in [3.05, 3.63) is 59.9 Å². The summed E-state index contributed by atoms with van der Waals surface area (Å²) >= 11 is 0. The van der Waals surface area contributed by atoms with Crippen molar-refractivity contribution < 1.29 is 14.8 Å². The lowest BCUT2D eigenvalue weighted by Crippen LogP contribution is -2.29. The molecule has 0 atom stereocenters. The quantitative estimate of drug-likeness (QED) is 0.685. The summed E-state index contributed by atoms with van der Waals surface area (Å²) in [5, 5.41) is 26.8. The van der Waals surface area contributed by atoms with Gasteiger partial charge in [-0.25, -0.2) is 0 Å². The third-order valence-electron chi connectivity index (χ3n) is 3.90. The lowest BCUT2D eigenvalue weighted by Gasteiger charge is -2.10. The highest BCUT2D eigenvalue weighted by molar-refractivity contribution is 6.58. The van der Waals surface area contributed by atoms with E-state index in [1.54, 1.807) is 19.2 Å². The Kier molecular flexibility index (Phi) is 4.64. The summed E-state index contributed by atoms with van der Waals surface area (Å²) in [6.07, 6.45) is 0. The van der Waals surface area contributed by atoms with Gasteiger partial charge in [0.25, 0.3) is 0 Å². The fraction of sp³-hybridized carbons (Fsp3) is 0.176. The maximum atomic E-state index is 9.19. The van der Waals surface area contributed by atoms with E-state index < -0.39 is 7.12 Å². The lowest BCUT2D eigenvalue weighted by atomic mass is 9.80. The average molecular weight is 323 g/mol. The molecule has 0 saturated heterocycles. The molecule has 0 fully saturated rings. The molecule has 0 spiro atoms. The summed E-state index contributed by atoms with van der Waals surface area (Å²) in [6, 6.07) is 14.8. The second kappa shape index (κ2) is 6.86.